The third kappa shape index (κ3) is 3.50. The molecule has 29 heavy (non-hydrogen) atoms. The van der Waals surface area contributed by atoms with Crippen molar-refractivity contribution in [2.45, 2.75) is 32.1 Å². The predicted octanol–water partition coefficient (Wildman–Crippen LogP) is 4.17. The fourth-order valence-corrected chi connectivity index (χ4v) is 4.16. The quantitative estimate of drug-likeness (QED) is 0.671. The number of aromatic nitrogens is 2. The van der Waals surface area contributed by atoms with Crippen molar-refractivity contribution in [3.8, 4) is 11.4 Å². The summed E-state index contributed by atoms with van der Waals surface area (Å²) < 4.78 is 5.53. The first-order chi connectivity index (χ1) is 14.2. The van der Waals surface area contributed by atoms with Gasteiger partial charge in [-0.1, -0.05) is 22.9 Å². The first-order valence-electron chi connectivity index (χ1n) is 10.2. The molecule has 0 unspecified atom stereocenters. The molecule has 2 aliphatic rings. The monoisotopic (exact) mass is 388 g/mol. The van der Waals surface area contributed by atoms with E-state index in [-0.39, 0.29) is 11.8 Å². The van der Waals surface area contributed by atoms with Gasteiger partial charge in [-0.15, -0.1) is 0 Å². The Balaban J connectivity index is 1.31. The highest BCUT2D eigenvalue weighted by Crippen LogP contribution is 2.32. The Morgan fingerprint density at radius 1 is 0.966 bits per heavy atom. The fourth-order valence-electron chi connectivity index (χ4n) is 4.16. The van der Waals surface area contributed by atoms with Crippen molar-refractivity contribution >= 4 is 17.3 Å². The Morgan fingerprint density at radius 2 is 1.66 bits per heavy atom. The van der Waals surface area contributed by atoms with Crippen LogP contribution in [0, 0.1) is 6.92 Å². The molecule has 0 aliphatic carbocycles. The molecule has 1 aromatic heterocycles. The molecular formula is C23H24N4O2. The van der Waals surface area contributed by atoms with E-state index in [2.05, 4.69) is 27.2 Å². The van der Waals surface area contributed by atoms with Crippen LogP contribution < -0.4 is 9.80 Å². The van der Waals surface area contributed by atoms with Crippen molar-refractivity contribution in [3.05, 3.63) is 60.0 Å². The molecule has 5 rings (SSSR count). The molecule has 1 atom stereocenters. The molecule has 0 spiro atoms. The summed E-state index contributed by atoms with van der Waals surface area (Å²) in [6.45, 7) is 4.85. The number of benzene rings is 2. The number of amides is 1. The number of hydrogen-bond acceptors (Lipinski definition) is 5. The second-order valence-electron chi connectivity index (χ2n) is 7.94. The lowest BCUT2D eigenvalue weighted by Gasteiger charge is -2.17. The SMILES string of the molecule is Cc1ccc(N2C[C@@H](c3nc(-c4ccc(N5CCCC5)cc4)no3)CC2=O)cc1. The van der Waals surface area contributed by atoms with Crippen LogP contribution in [0.1, 0.15) is 36.6 Å². The van der Waals surface area contributed by atoms with Crippen LogP contribution in [0.25, 0.3) is 11.4 Å². The van der Waals surface area contributed by atoms with Gasteiger partial charge in [0.15, 0.2) is 0 Å². The number of carbonyl (C=O) groups is 1. The van der Waals surface area contributed by atoms with Crippen molar-refractivity contribution in [2.24, 2.45) is 0 Å². The Bertz CT molecular complexity index is 1000. The molecule has 3 aromatic rings. The first kappa shape index (κ1) is 17.9. The number of aryl methyl sites for hydroxylation is 1. The Hall–Kier alpha value is -3.15. The predicted molar refractivity (Wildman–Crippen MR) is 112 cm³/mol. The van der Waals surface area contributed by atoms with E-state index >= 15 is 0 Å². The highest BCUT2D eigenvalue weighted by atomic mass is 16.5. The fraction of sp³-hybridized carbons (Fsp3) is 0.348. The molecule has 0 N–H and O–H groups in total. The largest absolute Gasteiger partial charge is 0.372 e. The maximum Gasteiger partial charge on any atom is 0.232 e. The Morgan fingerprint density at radius 3 is 2.38 bits per heavy atom. The van der Waals surface area contributed by atoms with Crippen LogP contribution in [-0.2, 0) is 4.79 Å². The van der Waals surface area contributed by atoms with Gasteiger partial charge in [-0.2, -0.15) is 4.98 Å². The lowest BCUT2D eigenvalue weighted by molar-refractivity contribution is -0.117. The third-order valence-electron chi connectivity index (χ3n) is 5.86. The molecule has 0 bridgehead atoms. The molecule has 2 aliphatic heterocycles. The number of hydrogen-bond donors (Lipinski definition) is 0. The van der Waals surface area contributed by atoms with Crippen molar-refractivity contribution in [1.82, 2.24) is 10.1 Å². The lowest BCUT2D eigenvalue weighted by atomic mass is 10.1. The van der Waals surface area contributed by atoms with Crippen LogP contribution in [0.4, 0.5) is 11.4 Å². The molecule has 3 heterocycles. The standard InChI is InChI=1S/C23H24N4O2/c1-16-4-8-20(9-5-16)27-15-18(14-21(27)28)23-24-22(25-29-23)17-6-10-19(11-7-17)26-12-2-3-13-26/h4-11,18H,2-3,12-15H2,1H3/t18-/m0/s1. The van der Waals surface area contributed by atoms with E-state index in [0.717, 1.165) is 24.3 Å². The number of nitrogens with zero attached hydrogens (tertiary/aromatic N) is 4. The summed E-state index contributed by atoms with van der Waals surface area (Å²) in [4.78, 5) is 21.3. The van der Waals surface area contributed by atoms with Crippen LogP contribution in [0.5, 0.6) is 0 Å². The van der Waals surface area contributed by atoms with Crippen LogP contribution >= 0.6 is 0 Å². The maximum atomic E-state index is 12.5. The van der Waals surface area contributed by atoms with E-state index in [4.69, 9.17) is 4.52 Å². The second kappa shape index (κ2) is 7.35. The van der Waals surface area contributed by atoms with Crippen molar-refractivity contribution in [3.63, 3.8) is 0 Å². The molecule has 0 radical (unpaired) electrons. The number of anilines is 2. The van der Waals surface area contributed by atoms with Crippen LogP contribution in [0.15, 0.2) is 53.1 Å². The van der Waals surface area contributed by atoms with Gasteiger partial charge in [0.25, 0.3) is 0 Å². The van der Waals surface area contributed by atoms with Gasteiger partial charge < -0.3 is 14.3 Å². The van der Waals surface area contributed by atoms with Gasteiger partial charge in [-0.05, 0) is 56.2 Å². The van der Waals surface area contributed by atoms with Crippen LogP contribution in [0.3, 0.4) is 0 Å². The lowest BCUT2D eigenvalue weighted by Crippen LogP contribution is -2.24. The summed E-state index contributed by atoms with van der Waals surface area (Å²) in [5, 5.41) is 4.16. The van der Waals surface area contributed by atoms with Crippen molar-refractivity contribution in [2.75, 3.05) is 29.4 Å². The molecule has 2 saturated heterocycles. The summed E-state index contributed by atoms with van der Waals surface area (Å²) in [6.07, 6.45) is 2.91. The number of rotatable bonds is 4. The smallest absolute Gasteiger partial charge is 0.232 e. The van der Waals surface area contributed by atoms with E-state index in [0.29, 0.717) is 24.7 Å². The first-order valence-corrected chi connectivity index (χ1v) is 10.2. The zero-order chi connectivity index (χ0) is 19.8. The van der Waals surface area contributed by atoms with Gasteiger partial charge in [0, 0.05) is 43.0 Å². The molecule has 2 aromatic carbocycles. The Labute approximate surface area is 170 Å². The average molecular weight is 388 g/mol. The normalized spacial score (nSPS) is 19.3. The summed E-state index contributed by atoms with van der Waals surface area (Å²) in [5.41, 5.74) is 4.27. The molecule has 1 amide bonds. The van der Waals surface area contributed by atoms with Crippen molar-refractivity contribution < 1.29 is 9.32 Å². The minimum Gasteiger partial charge on any atom is -0.372 e. The van der Waals surface area contributed by atoms with Gasteiger partial charge in [-0.3, -0.25) is 4.79 Å². The maximum absolute atomic E-state index is 12.5. The van der Waals surface area contributed by atoms with E-state index in [1.165, 1.54) is 24.1 Å². The summed E-state index contributed by atoms with van der Waals surface area (Å²) in [6, 6.07) is 16.3. The van der Waals surface area contributed by atoms with Gasteiger partial charge in [0.1, 0.15) is 0 Å². The molecule has 148 valence electrons. The van der Waals surface area contributed by atoms with Gasteiger partial charge in [0.2, 0.25) is 17.6 Å². The highest BCUT2D eigenvalue weighted by Gasteiger charge is 2.35. The molecule has 2 fully saturated rings. The highest BCUT2D eigenvalue weighted by molar-refractivity contribution is 5.96. The number of carbonyl (C=O) groups excluding carboxylic acids is 1. The summed E-state index contributed by atoms with van der Waals surface area (Å²) in [7, 11) is 0. The van der Waals surface area contributed by atoms with E-state index in [1.54, 1.807) is 4.90 Å². The van der Waals surface area contributed by atoms with Gasteiger partial charge >= 0.3 is 0 Å². The van der Waals surface area contributed by atoms with E-state index in [9.17, 15) is 4.79 Å². The molecule has 0 saturated carbocycles. The minimum atomic E-state index is -0.0751. The van der Waals surface area contributed by atoms with Crippen LogP contribution in [0.2, 0.25) is 0 Å². The second-order valence-corrected chi connectivity index (χ2v) is 7.94. The van der Waals surface area contributed by atoms with E-state index < -0.39 is 0 Å². The van der Waals surface area contributed by atoms with Gasteiger partial charge in [0.05, 0.1) is 5.92 Å². The third-order valence-corrected chi connectivity index (χ3v) is 5.86. The average Bonchev–Trinajstić information content (AvgIpc) is 3.50. The van der Waals surface area contributed by atoms with Crippen LogP contribution in [-0.4, -0.2) is 35.7 Å². The Kier molecular flexibility index (Phi) is 4.54. The zero-order valence-corrected chi connectivity index (χ0v) is 16.5. The zero-order valence-electron chi connectivity index (χ0n) is 16.5. The topological polar surface area (TPSA) is 62.5 Å². The summed E-state index contributed by atoms with van der Waals surface area (Å²) >= 11 is 0. The molecule has 6 heteroatoms. The molecular weight excluding hydrogens is 364 g/mol. The minimum absolute atomic E-state index is 0.0751. The molecule has 6 nitrogen and oxygen atoms in total. The van der Waals surface area contributed by atoms with Gasteiger partial charge in [-0.25, -0.2) is 0 Å². The summed E-state index contributed by atoms with van der Waals surface area (Å²) in [5.74, 6) is 1.13. The van der Waals surface area contributed by atoms with E-state index in [1.807, 2.05) is 43.3 Å². The van der Waals surface area contributed by atoms with Crippen molar-refractivity contribution in [1.29, 1.82) is 0 Å².